The van der Waals surface area contributed by atoms with E-state index in [1.165, 1.54) is 12.3 Å². The Kier molecular flexibility index (Phi) is 3.88. The minimum atomic E-state index is -0.396. The van der Waals surface area contributed by atoms with Gasteiger partial charge >= 0.3 is 0 Å². The van der Waals surface area contributed by atoms with Gasteiger partial charge in [0.1, 0.15) is 16.6 Å². The van der Waals surface area contributed by atoms with Gasteiger partial charge in [0.2, 0.25) is 5.88 Å². The molecule has 1 aromatic heterocycles. The van der Waals surface area contributed by atoms with E-state index in [1.807, 2.05) is 0 Å². The van der Waals surface area contributed by atoms with Crippen LogP contribution in [0.3, 0.4) is 0 Å². The first-order valence-corrected chi connectivity index (χ1v) is 6.15. The van der Waals surface area contributed by atoms with Crippen molar-refractivity contribution in [1.29, 1.82) is 0 Å². The van der Waals surface area contributed by atoms with Crippen molar-refractivity contribution in [3.63, 3.8) is 0 Å². The summed E-state index contributed by atoms with van der Waals surface area (Å²) in [6, 6.07) is 7.78. The number of ether oxygens (including phenoxy) is 1. The Morgan fingerprint density at radius 1 is 1.33 bits per heavy atom. The number of pyridine rings is 1. The van der Waals surface area contributed by atoms with Gasteiger partial charge in [0, 0.05) is 23.9 Å². The molecule has 0 fully saturated rings. The molecular weight excluding hydrogens is 319 g/mol. The zero-order valence-electron chi connectivity index (χ0n) is 9.06. The van der Waals surface area contributed by atoms with Gasteiger partial charge in [0.15, 0.2) is 0 Å². The van der Waals surface area contributed by atoms with Gasteiger partial charge in [0.25, 0.3) is 0 Å². The third-order valence-corrected chi connectivity index (χ3v) is 3.01. The number of hydrogen-bond donors (Lipinski definition) is 1. The maximum atomic E-state index is 13.3. The van der Waals surface area contributed by atoms with Crippen molar-refractivity contribution in [1.82, 2.24) is 4.98 Å². The molecule has 0 unspecified atom stereocenters. The van der Waals surface area contributed by atoms with Crippen LogP contribution in [0.5, 0.6) is 11.6 Å². The molecule has 0 saturated heterocycles. The van der Waals surface area contributed by atoms with Crippen molar-refractivity contribution < 1.29 is 9.13 Å². The Morgan fingerprint density at radius 2 is 2.11 bits per heavy atom. The van der Waals surface area contributed by atoms with Gasteiger partial charge in [-0.15, -0.1) is 0 Å². The Balaban J connectivity index is 2.18. The van der Waals surface area contributed by atoms with E-state index in [9.17, 15) is 4.39 Å². The van der Waals surface area contributed by atoms with E-state index in [0.29, 0.717) is 21.7 Å². The SMILES string of the molecule is NC(=S)c1ccc(Oc2ccc(Br)c(F)c2)nc1. The van der Waals surface area contributed by atoms with E-state index in [0.717, 1.165) is 0 Å². The normalized spacial score (nSPS) is 10.1. The fourth-order valence-corrected chi connectivity index (χ4v) is 1.61. The standard InChI is InChI=1S/C12H8BrFN2OS/c13-9-3-2-8(5-10(9)14)17-11-4-1-7(6-16-11)12(15)18/h1-6H,(H2,15,18). The van der Waals surface area contributed by atoms with E-state index in [-0.39, 0.29) is 4.99 Å². The average molecular weight is 327 g/mol. The maximum absolute atomic E-state index is 13.3. The quantitative estimate of drug-likeness (QED) is 0.878. The van der Waals surface area contributed by atoms with Gasteiger partial charge in [-0.2, -0.15) is 0 Å². The van der Waals surface area contributed by atoms with E-state index < -0.39 is 5.82 Å². The number of nitrogens with zero attached hydrogens (tertiary/aromatic N) is 1. The lowest BCUT2D eigenvalue weighted by Crippen LogP contribution is -2.09. The summed E-state index contributed by atoms with van der Waals surface area (Å²) in [5.74, 6) is 0.315. The molecule has 0 atom stereocenters. The van der Waals surface area contributed by atoms with Gasteiger partial charge in [-0.3, -0.25) is 0 Å². The summed E-state index contributed by atoms with van der Waals surface area (Å²) >= 11 is 7.87. The second kappa shape index (κ2) is 5.41. The summed E-state index contributed by atoms with van der Waals surface area (Å²) in [5.41, 5.74) is 6.10. The third kappa shape index (κ3) is 3.02. The monoisotopic (exact) mass is 326 g/mol. The highest BCUT2D eigenvalue weighted by molar-refractivity contribution is 9.10. The minimum absolute atomic E-state index is 0.267. The van der Waals surface area contributed by atoms with Crippen LogP contribution < -0.4 is 10.5 Å². The Labute approximate surface area is 117 Å². The van der Waals surface area contributed by atoms with Gasteiger partial charge in [-0.1, -0.05) is 12.2 Å². The van der Waals surface area contributed by atoms with Crippen LogP contribution in [-0.2, 0) is 0 Å². The first-order valence-electron chi connectivity index (χ1n) is 4.95. The lowest BCUT2D eigenvalue weighted by Gasteiger charge is -2.05. The van der Waals surface area contributed by atoms with Gasteiger partial charge < -0.3 is 10.5 Å². The molecule has 0 radical (unpaired) electrons. The number of rotatable bonds is 3. The molecule has 0 saturated carbocycles. The predicted molar refractivity (Wildman–Crippen MR) is 74.3 cm³/mol. The lowest BCUT2D eigenvalue weighted by molar-refractivity contribution is 0.457. The predicted octanol–water partition coefficient (Wildman–Crippen LogP) is 3.41. The highest BCUT2D eigenvalue weighted by Crippen LogP contribution is 2.24. The second-order valence-electron chi connectivity index (χ2n) is 3.43. The molecule has 0 amide bonds. The van der Waals surface area contributed by atoms with E-state index >= 15 is 0 Å². The van der Waals surface area contributed by atoms with Crippen molar-refractivity contribution in [2.45, 2.75) is 0 Å². The molecule has 2 rings (SSSR count). The largest absolute Gasteiger partial charge is 0.439 e. The second-order valence-corrected chi connectivity index (χ2v) is 4.72. The van der Waals surface area contributed by atoms with Crippen molar-refractivity contribution in [2.75, 3.05) is 0 Å². The van der Waals surface area contributed by atoms with Crippen LogP contribution in [0.2, 0.25) is 0 Å². The van der Waals surface area contributed by atoms with Crippen LogP contribution >= 0.6 is 28.1 Å². The highest BCUT2D eigenvalue weighted by Gasteiger charge is 2.04. The zero-order chi connectivity index (χ0) is 13.1. The van der Waals surface area contributed by atoms with Crippen molar-refractivity contribution in [3.8, 4) is 11.6 Å². The van der Waals surface area contributed by atoms with Gasteiger partial charge in [-0.25, -0.2) is 9.37 Å². The summed E-state index contributed by atoms with van der Waals surface area (Å²) in [5, 5.41) is 0. The van der Waals surface area contributed by atoms with Crippen molar-refractivity contribution >= 4 is 33.1 Å². The van der Waals surface area contributed by atoms with Crippen molar-refractivity contribution in [3.05, 3.63) is 52.4 Å². The van der Waals surface area contributed by atoms with Gasteiger partial charge in [-0.05, 0) is 34.1 Å². The molecule has 2 N–H and O–H groups in total. The number of benzene rings is 1. The first kappa shape index (κ1) is 12.9. The topological polar surface area (TPSA) is 48.1 Å². The third-order valence-electron chi connectivity index (χ3n) is 2.13. The van der Waals surface area contributed by atoms with Crippen LogP contribution in [0, 0.1) is 5.82 Å². The lowest BCUT2D eigenvalue weighted by atomic mass is 10.3. The molecule has 92 valence electrons. The summed E-state index contributed by atoms with van der Waals surface area (Å²) in [4.78, 5) is 4.29. The number of halogens is 2. The average Bonchev–Trinajstić information content (AvgIpc) is 2.34. The Morgan fingerprint density at radius 3 is 2.67 bits per heavy atom. The molecule has 18 heavy (non-hydrogen) atoms. The number of aromatic nitrogens is 1. The maximum Gasteiger partial charge on any atom is 0.219 e. The Hall–Kier alpha value is -1.53. The first-order chi connectivity index (χ1) is 8.56. The fourth-order valence-electron chi connectivity index (χ4n) is 1.25. The van der Waals surface area contributed by atoms with Crippen LogP contribution in [0.4, 0.5) is 4.39 Å². The van der Waals surface area contributed by atoms with Crippen LogP contribution in [-0.4, -0.2) is 9.97 Å². The van der Waals surface area contributed by atoms with E-state index in [1.54, 1.807) is 24.3 Å². The number of thiocarbonyl (C=S) groups is 1. The summed E-state index contributed by atoms with van der Waals surface area (Å²) < 4.78 is 19.0. The van der Waals surface area contributed by atoms with Gasteiger partial charge in [0.05, 0.1) is 4.47 Å². The molecule has 2 aromatic rings. The molecule has 0 aliphatic heterocycles. The number of nitrogens with two attached hydrogens (primary N) is 1. The summed E-state index contributed by atoms with van der Waals surface area (Å²) in [7, 11) is 0. The van der Waals surface area contributed by atoms with Crippen LogP contribution in [0.25, 0.3) is 0 Å². The zero-order valence-corrected chi connectivity index (χ0v) is 11.5. The molecule has 0 bridgehead atoms. The smallest absolute Gasteiger partial charge is 0.219 e. The van der Waals surface area contributed by atoms with E-state index in [2.05, 4.69) is 20.9 Å². The summed E-state index contributed by atoms with van der Waals surface area (Å²) in [6.07, 6.45) is 1.51. The molecule has 3 nitrogen and oxygen atoms in total. The molecule has 0 spiro atoms. The Bertz CT molecular complexity index is 589. The van der Waals surface area contributed by atoms with Crippen molar-refractivity contribution in [2.24, 2.45) is 5.73 Å². The van der Waals surface area contributed by atoms with E-state index in [4.69, 9.17) is 22.7 Å². The number of hydrogen-bond acceptors (Lipinski definition) is 3. The molecule has 6 heteroatoms. The fraction of sp³-hybridized carbons (Fsp3) is 0. The minimum Gasteiger partial charge on any atom is -0.439 e. The molecular formula is C12H8BrFN2OS. The van der Waals surface area contributed by atoms with Crippen LogP contribution in [0.15, 0.2) is 41.0 Å². The molecule has 0 aliphatic rings. The molecule has 1 aromatic carbocycles. The summed E-state index contributed by atoms with van der Waals surface area (Å²) in [6.45, 7) is 0. The molecule has 1 heterocycles. The van der Waals surface area contributed by atoms with Crippen LogP contribution in [0.1, 0.15) is 5.56 Å². The molecule has 0 aliphatic carbocycles. The highest BCUT2D eigenvalue weighted by atomic mass is 79.9.